The van der Waals surface area contributed by atoms with Crippen LogP contribution in [0.15, 0.2) is 21.5 Å². The topological polar surface area (TPSA) is 72.6 Å². The lowest BCUT2D eigenvalue weighted by atomic mass is 9.97. The van der Waals surface area contributed by atoms with Crippen LogP contribution in [0.3, 0.4) is 0 Å². The Kier molecular flexibility index (Phi) is 4.97. The Morgan fingerprint density at radius 2 is 2.10 bits per heavy atom. The summed E-state index contributed by atoms with van der Waals surface area (Å²) in [5.74, 6) is 0.357. The molecule has 1 fully saturated rings. The van der Waals surface area contributed by atoms with Crippen LogP contribution in [0.2, 0.25) is 0 Å². The lowest BCUT2D eigenvalue weighted by Gasteiger charge is -2.35. The summed E-state index contributed by atoms with van der Waals surface area (Å²) in [5.41, 5.74) is 6.94. The van der Waals surface area contributed by atoms with E-state index < -0.39 is 10.0 Å². The molecule has 0 aromatic heterocycles. The summed E-state index contributed by atoms with van der Waals surface area (Å²) in [4.78, 5) is 0.263. The van der Waals surface area contributed by atoms with E-state index in [1.165, 1.54) is 4.31 Å². The molecule has 0 saturated carbocycles. The maximum absolute atomic E-state index is 12.9. The highest BCUT2D eigenvalue weighted by Crippen LogP contribution is 2.31. The van der Waals surface area contributed by atoms with Crippen LogP contribution in [0.4, 0.5) is 5.69 Å². The molecule has 0 bridgehead atoms. The smallest absolute Gasteiger partial charge is 0.243 e. The molecule has 0 radical (unpaired) electrons. The second-order valence-corrected chi connectivity index (χ2v) is 8.34. The molecule has 0 spiro atoms. The van der Waals surface area contributed by atoms with E-state index in [1.54, 1.807) is 26.2 Å². The van der Waals surface area contributed by atoms with E-state index in [1.807, 2.05) is 0 Å². The number of anilines is 1. The van der Waals surface area contributed by atoms with Gasteiger partial charge in [-0.25, -0.2) is 8.42 Å². The van der Waals surface area contributed by atoms with Crippen molar-refractivity contribution in [3.8, 4) is 0 Å². The van der Waals surface area contributed by atoms with E-state index in [0.29, 0.717) is 34.7 Å². The minimum atomic E-state index is -3.56. The molecule has 2 atom stereocenters. The fourth-order valence-corrected chi connectivity index (χ4v) is 4.99. The van der Waals surface area contributed by atoms with Crippen LogP contribution in [0, 0.1) is 12.8 Å². The zero-order valence-electron chi connectivity index (χ0n) is 12.5. The quantitative estimate of drug-likeness (QED) is 0.821. The Morgan fingerprint density at radius 3 is 2.71 bits per heavy atom. The molecule has 1 heterocycles. The average molecular weight is 377 g/mol. The second kappa shape index (κ2) is 6.24. The van der Waals surface area contributed by atoms with Gasteiger partial charge >= 0.3 is 0 Å². The van der Waals surface area contributed by atoms with Gasteiger partial charge in [0, 0.05) is 30.4 Å². The van der Waals surface area contributed by atoms with Crippen molar-refractivity contribution in [3.05, 3.63) is 22.2 Å². The Labute approximate surface area is 134 Å². The molecule has 2 rings (SSSR count). The summed E-state index contributed by atoms with van der Waals surface area (Å²) in [5, 5.41) is 0. The molecule has 1 aliphatic rings. The molecule has 21 heavy (non-hydrogen) atoms. The van der Waals surface area contributed by atoms with Gasteiger partial charge in [0.1, 0.15) is 0 Å². The number of hydrogen-bond donors (Lipinski definition) is 1. The normalized spacial score (nSPS) is 24.2. The largest absolute Gasteiger partial charge is 0.398 e. The number of ether oxygens (including phenoxy) is 1. The molecule has 2 unspecified atom stereocenters. The lowest BCUT2D eigenvalue weighted by Crippen LogP contribution is -2.46. The van der Waals surface area contributed by atoms with Gasteiger partial charge in [-0.2, -0.15) is 4.31 Å². The van der Waals surface area contributed by atoms with E-state index in [4.69, 9.17) is 10.5 Å². The van der Waals surface area contributed by atoms with Crippen LogP contribution in [0.5, 0.6) is 0 Å². The van der Waals surface area contributed by atoms with Crippen molar-refractivity contribution < 1.29 is 13.2 Å². The number of benzene rings is 1. The summed E-state index contributed by atoms with van der Waals surface area (Å²) in [6.45, 7) is 4.70. The van der Waals surface area contributed by atoms with Crippen LogP contribution < -0.4 is 5.73 Å². The van der Waals surface area contributed by atoms with Crippen LogP contribution in [0.1, 0.15) is 18.9 Å². The summed E-state index contributed by atoms with van der Waals surface area (Å²) in [7, 11) is -1.94. The maximum Gasteiger partial charge on any atom is 0.243 e. The van der Waals surface area contributed by atoms with Gasteiger partial charge in [0.15, 0.2) is 0 Å². The molecule has 0 aliphatic carbocycles. The molecular weight excluding hydrogens is 356 g/mol. The third-order valence-electron chi connectivity index (χ3n) is 4.14. The third kappa shape index (κ3) is 3.26. The van der Waals surface area contributed by atoms with Gasteiger partial charge in [0.05, 0.1) is 11.0 Å². The first-order chi connectivity index (χ1) is 9.77. The zero-order valence-corrected chi connectivity index (χ0v) is 14.9. The summed E-state index contributed by atoms with van der Waals surface area (Å²) < 4.78 is 33.3. The van der Waals surface area contributed by atoms with Gasteiger partial charge in [-0.15, -0.1) is 0 Å². The minimum Gasteiger partial charge on any atom is -0.398 e. The van der Waals surface area contributed by atoms with E-state index in [9.17, 15) is 8.42 Å². The summed E-state index contributed by atoms with van der Waals surface area (Å²) in [6.07, 6.45) is 0.721. The molecule has 1 aromatic rings. The standard InChI is InChI=1S/C14H21BrN2O3S/c1-9-4-5-17(8-13(9)20-3)21(18,19)14-7-11(15)6-12(16)10(14)2/h6-7,9,13H,4-5,8,16H2,1-3H3. The predicted molar refractivity (Wildman–Crippen MR) is 86.6 cm³/mol. The number of rotatable bonds is 3. The van der Waals surface area contributed by atoms with Crippen LogP contribution >= 0.6 is 15.9 Å². The van der Waals surface area contributed by atoms with Crippen LogP contribution in [-0.4, -0.2) is 39.0 Å². The van der Waals surface area contributed by atoms with Crippen molar-refractivity contribution in [2.45, 2.75) is 31.3 Å². The second-order valence-electron chi connectivity index (χ2n) is 5.52. The zero-order chi connectivity index (χ0) is 15.8. The Balaban J connectivity index is 2.39. The number of piperidine rings is 1. The van der Waals surface area contributed by atoms with Gasteiger partial charge in [0.2, 0.25) is 10.0 Å². The van der Waals surface area contributed by atoms with E-state index in [0.717, 1.165) is 6.42 Å². The Morgan fingerprint density at radius 1 is 1.43 bits per heavy atom. The van der Waals surface area contributed by atoms with E-state index in [-0.39, 0.29) is 11.0 Å². The Bertz CT molecular complexity index is 633. The summed E-state index contributed by atoms with van der Waals surface area (Å²) in [6, 6.07) is 3.32. The number of halogens is 1. The SMILES string of the molecule is COC1CN(S(=O)(=O)c2cc(Br)cc(N)c2C)CCC1C. The molecule has 1 aliphatic heterocycles. The fourth-order valence-electron chi connectivity index (χ4n) is 2.61. The van der Waals surface area contributed by atoms with E-state index >= 15 is 0 Å². The van der Waals surface area contributed by atoms with Crippen molar-refractivity contribution in [2.75, 3.05) is 25.9 Å². The monoisotopic (exact) mass is 376 g/mol. The highest BCUT2D eigenvalue weighted by molar-refractivity contribution is 9.10. The highest BCUT2D eigenvalue weighted by Gasteiger charge is 2.34. The molecule has 1 aromatic carbocycles. The maximum atomic E-state index is 12.9. The van der Waals surface area contributed by atoms with Gasteiger partial charge in [-0.05, 0) is 37.0 Å². The Hall–Kier alpha value is -0.630. The third-order valence-corrected chi connectivity index (χ3v) is 6.59. The van der Waals surface area contributed by atoms with Crippen molar-refractivity contribution in [2.24, 2.45) is 5.92 Å². The lowest BCUT2D eigenvalue weighted by molar-refractivity contribution is 0.0183. The van der Waals surface area contributed by atoms with E-state index in [2.05, 4.69) is 22.9 Å². The molecular formula is C14H21BrN2O3S. The van der Waals surface area contributed by atoms with Crippen LogP contribution in [-0.2, 0) is 14.8 Å². The molecule has 1 saturated heterocycles. The molecule has 5 nitrogen and oxygen atoms in total. The first kappa shape index (κ1) is 16.7. The molecule has 118 valence electrons. The van der Waals surface area contributed by atoms with Gasteiger partial charge in [-0.1, -0.05) is 22.9 Å². The number of hydrogen-bond acceptors (Lipinski definition) is 4. The first-order valence-electron chi connectivity index (χ1n) is 6.86. The summed E-state index contributed by atoms with van der Waals surface area (Å²) >= 11 is 3.31. The molecule has 2 N–H and O–H groups in total. The van der Waals surface area contributed by atoms with Gasteiger partial charge < -0.3 is 10.5 Å². The number of nitrogens with two attached hydrogens (primary N) is 1. The van der Waals surface area contributed by atoms with Crippen molar-refractivity contribution in [1.29, 1.82) is 0 Å². The molecule has 7 heteroatoms. The number of nitrogens with zero attached hydrogens (tertiary/aromatic N) is 1. The first-order valence-corrected chi connectivity index (χ1v) is 9.09. The number of nitrogen functional groups attached to an aromatic ring is 1. The minimum absolute atomic E-state index is 0.0710. The van der Waals surface area contributed by atoms with Gasteiger partial charge in [-0.3, -0.25) is 0 Å². The number of sulfonamides is 1. The van der Waals surface area contributed by atoms with Crippen LogP contribution in [0.25, 0.3) is 0 Å². The predicted octanol–water partition coefficient (Wildman–Crippen LogP) is 2.39. The van der Waals surface area contributed by atoms with Crippen molar-refractivity contribution in [1.82, 2.24) is 4.31 Å². The average Bonchev–Trinajstić information content (AvgIpc) is 2.42. The molecule has 0 amide bonds. The fraction of sp³-hybridized carbons (Fsp3) is 0.571. The van der Waals surface area contributed by atoms with Gasteiger partial charge in [0.25, 0.3) is 0 Å². The van der Waals surface area contributed by atoms with Crippen molar-refractivity contribution >= 4 is 31.6 Å². The highest BCUT2D eigenvalue weighted by atomic mass is 79.9. The van der Waals surface area contributed by atoms with Crippen molar-refractivity contribution in [3.63, 3.8) is 0 Å². The number of methoxy groups -OCH3 is 1.